The number of hydrogen-bond donors (Lipinski definition) is 0. The molecule has 0 atom stereocenters. The van der Waals surface area contributed by atoms with Crippen LogP contribution in [-0.4, -0.2) is 18.7 Å². The average Bonchev–Trinajstić information content (AvgIpc) is 2.16. The van der Waals surface area contributed by atoms with Crippen molar-refractivity contribution in [2.75, 3.05) is 6.61 Å². The van der Waals surface area contributed by atoms with Crippen LogP contribution in [0.2, 0.25) is 0 Å². The van der Waals surface area contributed by atoms with E-state index in [0.29, 0.717) is 12.9 Å². The van der Waals surface area contributed by atoms with Gasteiger partial charge >= 0.3 is 0 Å². The first-order valence-corrected chi connectivity index (χ1v) is 4.52. The summed E-state index contributed by atoms with van der Waals surface area (Å²) in [6.07, 6.45) is 0.509. The molecular formula is C11H11FO3. The predicted molar refractivity (Wildman–Crippen MR) is 53.0 cm³/mol. The Labute approximate surface area is 86.9 Å². The Morgan fingerprint density at radius 2 is 2.20 bits per heavy atom. The number of benzene rings is 1. The van der Waals surface area contributed by atoms with Crippen LogP contribution in [0.15, 0.2) is 12.1 Å². The third-order valence-corrected chi connectivity index (χ3v) is 1.86. The standard InChI is InChI=1S/C11H11FO3/c1-3-15-10-5-8(6-13)4-9(12)11(10)7(2)14/h4-6H,3H2,1-2H3. The van der Waals surface area contributed by atoms with Crippen LogP contribution in [0.1, 0.15) is 34.6 Å². The minimum atomic E-state index is -0.726. The number of carbonyl (C=O) groups is 2. The van der Waals surface area contributed by atoms with Gasteiger partial charge in [-0.25, -0.2) is 4.39 Å². The van der Waals surface area contributed by atoms with E-state index in [9.17, 15) is 14.0 Å². The highest BCUT2D eigenvalue weighted by Crippen LogP contribution is 2.24. The number of halogens is 1. The fourth-order valence-electron chi connectivity index (χ4n) is 1.28. The molecule has 0 fully saturated rings. The van der Waals surface area contributed by atoms with E-state index in [1.165, 1.54) is 13.0 Å². The fraction of sp³-hybridized carbons (Fsp3) is 0.273. The van der Waals surface area contributed by atoms with Crippen LogP contribution in [0.3, 0.4) is 0 Å². The third-order valence-electron chi connectivity index (χ3n) is 1.86. The second-order valence-corrected chi connectivity index (χ2v) is 2.98. The second kappa shape index (κ2) is 4.68. The van der Waals surface area contributed by atoms with Gasteiger partial charge in [-0.2, -0.15) is 0 Å². The zero-order valence-corrected chi connectivity index (χ0v) is 8.54. The molecule has 0 spiro atoms. The number of ether oxygens (including phenoxy) is 1. The zero-order chi connectivity index (χ0) is 11.4. The molecule has 15 heavy (non-hydrogen) atoms. The molecule has 0 aliphatic carbocycles. The minimum Gasteiger partial charge on any atom is -0.493 e. The van der Waals surface area contributed by atoms with Crippen molar-refractivity contribution in [3.63, 3.8) is 0 Å². The summed E-state index contributed by atoms with van der Waals surface area (Å²) >= 11 is 0. The largest absolute Gasteiger partial charge is 0.493 e. The molecule has 0 radical (unpaired) electrons. The topological polar surface area (TPSA) is 43.4 Å². The molecule has 0 saturated heterocycles. The van der Waals surface area contributed by atoms with Gasteiger partial charge in [-0.15, -0.1) is 0 Å². The molecule has 3 nitrogen and oxygen atoms in total. The number of carbonyl (C=O) groups excluding carboxylic acids is 2. The molecule has 1 rings (SSSR count). The van der Waals surface area contributed by atoms with Gasteiger partial charge in [0.2, 0.25) is 0 Å². The van der Waals surface area contributed by atoms with E-state index in [4.69, 9.17) is 4.74 Å². The maximum absolute atomic E-state index is 13.4. The molecule has 0 aliphatic heterocycles. The van der Waals surface area contributed by atoms with Gasteiger partial charge in [-0.05, 0) is 26.0 Å². The molecular weight excluding hydrogens is 199 g/mol. The molecule has 0 heterocycles. The summed E-state index contributed by atoms with van der Waals surface area (Å²) in [7, 11) is 0. The van der Waals surface area contributed by atoms with Crippen molar-refractivity contribution in [2.24, 2.45) is 0 Å². The van der Waals surface area contributed by atoms with Crippen LogP contribution in [0.25, 0.3) is 0 Å². The van der Waals surface area contributed by atoms with Crippen LogP contribution in [0.5, 0.6) is 5.75 Å². The van der Waals surface area contributed by atoms with Crippen molar-refractivity contribution >= 4 is 12.1 Å². The fourth-order valence-corrected chi connectivity index (χ4v) is 1.28. The highest BCUT2D eigenvalue weighted by atomic mass is 19.1. The number of hydrogen-bond acceptors (Lipinski definition) is 3. The SMILES string of the molecule is CCOc1cc(C=O)cc(F)c1C(C)=O. The molecule has 0 unspecified atom stereocenters. The lowest BCUT2D eigenvalue weighted by Crippen LogP contribution is -2.05. The van der Waals surface area contributed by atoms with Gasteiger partial charge < -0.3 is 4.74 Å². The van der Waals surface area contributed by atoms with Gasteiger partial charge in [0.05, 0.1) is 12.2 Å². The number of ketones is 1. The summed E-state index contributed by atoms with van der Waals surface area (Å²) in [6, 6.07) is 2.38. The normalized spacial score (nSPS) is 9.80. The van der Waals surface area contributed by atoms with E-state index in [2.05, 4.69) is 0 Å². The zero-order valence-electron chi connectivity index (χ0n) is 8.54. The first kappa shape index (κ1) is 11.4. The van der Waals surface area contributed by atoms with Crippen molar-refractivity contribution in [1.82, 2.24) is 0 Å². The van der Waals surface area contributed by atoms with Gasteiger partial charge in [-0.3, -0.25) is 9.59 Å². The quantitative estimate of drug-likeness (QED) is 0.565. The number of Topliss-reactive ketones (excluding diaryl/α,β-unsaturated/α-hetero) is 1. The average molecular weight is 210 g/mol. The lowest BCUT2D eigenvalue weighted by atomic mass is 10.1. The Morgan fingerprint density at radius 3 is 2.67 bits per heavy atom. The molecule has 4 heteroatoms. The molecule has 0 saturated carbocycles. The molecule has 80 valence electrons. The van der Waals surface area contributed by atoms with Crippen molar-refractivity contribution in [3.8, 4) is 5.75 Å². The Bertz CT molecular complexity index is 399. The maximum Gasteiger partial charge on any atom is 0.166 e. The highest BCUT2D eigenvalue weighted by Gasteiger charge is 2.15. The van der Waals surface area contributed by atoms with Crippen LogP contribution in [0, 0.1) is 5.82 Å². The lowest BCUT2D eigenvalue weighted by molar-refractivity contribution is 0.100. The summed E-state index contributed by atoms with van der Waals surface area (Å²) in [5.41, 5.74) is 0.0448. The van der Waals surface area contributed by atoms with E-state index < -0.39 is 11.6 Å². The Kier molecular flexibility index (Phi) is 3.55. The van der Waals surface area contributed by atoms with Crippen LogP contribution >= 0.6 is 0 Å². The van der Waals surface area contributed by atoms with Crippen molar-refractivity contribution in [2.45, 2.75) is 13.8 Å². The summed E-state index contributed by atoms with van der Waals surface area (Å²) in [6.45, 7) is 3.28. The van der Waals surface area contributed by atoms with E-state index in [-0.39, 0.29) is 16.9 Å². The van der Waals surface area contributed by atoms with Gasteiger partial charge in [0.25, 0.3) is 0 Å². The molecule has 0 bridgehead atoms. The van der Waals surface area contributed by atoms with E-state index in [0.717, 1.165) is 6.07 Å². The van der Waals surface area contributed by atoms with Crippen molar-refractivity contribution < 1.29 is 18.7 Å². The summed E-state index contributed by atoms with van der Waals surface area (Å²) < 4.78 is 18.5. The van der Waals surface area contributed by atoms with Gasteiger partial charge in [0.1, 0.15) is 17.9 Å². The second-order valence-electron chi connectivity index (χ2n) is 2.98. The highest BCUT2D eigenvalue weighted by molar-refractivity contribution is 5.98. The Hall–Kier alpha value is -1.71. The minimum absolute atomic E-state index is 0.109. The number of rotatable bonds is 4. The molecule has 0 N–H and O–H groups in total. The molecule has 0 aliphatic rings. The van der Waals surface area contributed by atoms with E-state index in [1.807, 2.05) is 0 Å². The van der Waals surface area contributed by atoms with E-state index in [1.54, 1.807) is 6.92 Å². The third kappa shape index (κ3) is 2.40. The number of aldehydes is 1. The van der Waals surface area contributed by atoms with Gasteiger partial charge in [0.15, 0.2) is 5.78 Å². The van der Waals surface area contributed by atoms with Gasteiger partial charge in [0, 0.05) is 5.56 Å². The van der Waals surface area contributed by atoms with Gasteiger partial charge in [-0.1, -0.05) is 0 Å². The van der Waals surface area contributed by atoms with E-state index >= 15 is 0 Å². The first-order chi connectivity index (χ1) is 7.10. The van der Waals surface area contributed by atoms with Crippen molar-refractivity contribution in [1.29, 1.82) is 0 Å². The summed E-state index contributed by atoms with van der Waals surface area (Å²) in [5.74, 6) is -1.03. The summed E-state index contributed by atoms with van der Waals surface area (Å²) in [5, 5.41) is 0. The van der Waals surface area contributed by atoms with Crippen LogP contribution in [-0.2, 0) is 0 Å². The first-order valence-electron chi connectivity index (χ1n) is 4.52. The van der Waals surface area contributed by atoms with Crippen molar-refractivity contribution in [3.05, 3.63) is 29.1 Å². The van der Waals surface area contributed by atoms with Crippen LogP contribution < -0.4 is 4.74 Å². The monoisotopic (exact) mass is 210 g/mol. The molecule has 0 amide bonds. The molecule has 0 aromatic heterocycles. The molecule has 1 aromatic carbocycles. The maximum atomic E-state index is 13.4. The Morgan fingerprint density at radius 1 is 1.53 bits per heavy atom. The lowest BCUT2D eigenvalue weighted by Gasteiger charge is -2.09. The Balaban J connectivity index is 3.34. The smallest absolute Gasteiger partial charge is 0.166 e. The van der Waals surface area contributed by atoms with Crippen LogP contribution in [0.4, 0.5) is 4.39 Å². The molecule has 1 aromatic rings. The predicted octanol–water partition coefficient (Wildman–Crippen LogP) is 2.24. The summed E-state index contributed by atoms with van der Waals surface area (Å²) in [4.78, 5) is 21.6.